The standard InChI is InChI=1S/C9H12N4O3S/c1-8-3-6-13(5-2-4-11-12-10)7-9(8)17(14,15)16/h3,6-7H,2,4-5H2,1H3/p+1. The van der Waals surface area contributed by atoms with E-state index in [1.54, 1.807) is 23.8 Å². The Morgan fingerprint density at radius 2 is 2.29 bits per heavy atom. The predicted molar refractivity (Wildman–Crippen MR) is 59.8 cm³/mol. The second-order valence-electron chi connectivity index (χ2n) is 3.51. The maximum Gasteiger partial charge on any atom is 0.300 e. The molecule has 1 aromatic heterocycles. The molecule has 7 nitrogen and oxygen atoms in total. The summed E-state index contributed by atoms with van der Waals surface area (Å²) in [5, 5.41) is 3.38. The van der Waals surface area contributed by atoms with Crippen LogP contribution in [-0.2, 0) is 16.7 Å². The van der Waals surface area contributed by atoms with Gasteiger partial charge in [-0.05, 0) is 18.0 Å². The number of azide groups is 1. The fourth-order valence-corrected chi connectivity index (χ4v) is 2.11. The maximum atomic E-state index is 11.1. The topological polar surface area (TPSA) is 107 Å². The van der Waals surface area contributed by atoms with Gasteiger partial charge in [0, 0.05) is 23.9 Å². The molecule has 0 saturated heterocycles. The molecule has 0 radical (unpaired) electrons. The Balaban J connectivity index is 2.86. The summed E-state index contributed by atoms with van der Waals surface area (Å²) in [6, 6.07) is 1.61. The van der Waals surface area contributed by atoms with Crippen molar-refractivity contribution in [3.05, 3.63) is 34.5 Å². The van der Waals surface area contributed by atoms with Gasteiger partial charge in [0.2, 0.25) is 0 Å². The first kappa shape index (κ1) is 13.4. The van der Waals surface area contributed by atoms with Crippen molar-refractivity contribution in [3.8, 4) is 0 Å². The van der Waals surface area contributed by atoms with Crippen molar-refractivity contribution in [1.29, 1.82) is 0 Å². The third-order valence-electron chi connectivity index (χ3n) is 2.20. The monoisotopic (exact) mass is 257 g/mol. The molecule has 8 heteroatoms. The molecule has 1 N–H and O–H groups in total. The molecule has 1 rings (SSSR count). The van der Waals surface area contributed by atoms with E-state index in [9.17, 15) is 8.42 Å². The minimum atomic E-state index is -4.19. The Hall–Kier alpha value is -1.63. The van der Waals surface area contributed by atoms with E-state index in [4.69, 9.17) is 10.1 Å². The number of pyridine rings is 1. The molecule has 0 fully saturated rings. The average Bonchev–Trinajstić information content (AvgIpc) is 2.25. The molecule has 0 unspecified atom stereocenters. The summed E-state index contributed by atoms with van der Waals surface area (Å²) in [6.07, 6.45) is 3.67. The first-order valence-electron chi connectivity index (χ1n) is 4.93. The first-order chi connectivity index (χ1) is 7.95. The number of nitrogens with zero attached hydrogens (tertiary/aromatic N) is 4. The molecular formula is C9H13N4O3S+. The average molecular weight is 257 g/mol. The highest BCUT2D eigenvalue weighted by atomic mass is 32.2. The Labute approximate surface area is 99.1 Å². The van der Waals surface area contributed by atoms with Crippen LogP contribution in [0, 0.1) is 6.92 Å². The zero-order chi connectivity index (χ0) is 12.9. The molecule has 1 aromatic rings. The van der Waals surface area contributed by atoms with Gasteiger partial charge in [-0.2, -0.15) is 8.42 Å². The minimum absolute atomic E-state index is 0.108. The van der Waals surface area contributed by atoms with Crippen molar-refractivity contribution in [3.63, 3.8) is 0 Å². The lowest BCUT2D eigenvalue weighted by molar-refractivity contribution is -0.699. The van der Waals surface area contributed by atoms with Crippen LogP contribution < -0.4 is 4.57 Å². The van der Waals surface area contributed by atoms with E-state index in [1.165, 1.54) is 6.20 Å². The molecule has 0 aromatic carbocycles. The van der Waals surface area contributed by atoms with Crippen molar-refractivity contribution in [2.24, 2.45) is 5.11 Å². The van der Waals surface area contributed by atoms with E-state index in [1.807, 2.05) is 0 Å². The van der Waals surface area contributed by atoms with Crippen LogP contribution in [0.4, 0.5) is 0 Å². The van der Waals surface area contributed by atoms with Crippen LogP contribution in [0.2, 0.25) is 0 Å². The summed E-state index contributed by atoms with van der Waals surface area (Å²) >= 11 is 0. The van der Waals surface area contributed by atoms with E-state index in [0.29, 0.717) is 25.1 Å². The second-order valence-corrected chi connectivity index (χ2v) is 4.90. The molecule has 0 bridgehead atoms. The van der Waals surface area contributed by atoms with Gasteiger partial charge in [-0.3, -0.25) is 4.55 Å². The normalized spacial score (nSPS) is 10.9. The van der Waals surface area contributed by atoms with Crippen LogP contribution >= 0.6 is 0 Å². The maximum absolute atomic E-state index is 11.1. The fraction of sp³-hybridized carbons (Fsp3) is 0.444. The molecule has 1 heterocycles. The summed E-state index contributed by atoms with van der Waals surface area (Å²) in [5.41, 5.74) is 8.57. The Bertz CT molecular complexity index is 549. The molecular weight excluding hydrogens is 244 g/mol. The Kier molecular flexibility index (Phi) is 4.45. The van der Waals surface area contributed by atoms with Crippen molar-refractivity contribution in [2.75, 3.05) is 6.54 Å². The quantitative estimate of drug-likeness (QED) is 0.214. The highest BCUT2D eigenvalue weighted by Crippen LogP contribution is 2.10. The highest BCUT2D eigenvalue weighted by molar-refractivity contribution is 7.85. The van der Waals surface area contributed by atoms with Crippen LogP contribution in [0.25, 0.3) is 10.4 Å². The highest BCUT2D eigenvalue weighted by Gasteiger charge is 2.17. The van der Waals surface area contributed by atoms with Crippen LogP contribution in [-0.4, -0.2) is 19.5 Å². The van der Waals surface area contributed by atoms with Crippen LogP contribution in [0.15, 0.2) is 28.5 Å². The van der Waals surface area contributed by atoms with Gasteiger partial charge in [0.25, 0.3) is 0 Å². The predicted octanol–water partition coefficient (Wildman–Crippen LogP) is 1.23. The van der Waals surface area contributed by atoms with Crippen molar-refractivity contribution in [2.45, 2.75) is 24.8 Å². The molecule has 0 atom stereocenters. The minimum Gasteiger partial charge on any atom is -0.282 e. The first-order valence-corrected chi connectivity index (χ1v) is 6.37. The lowest BCUT2D eigenvalue weighted by Gasteiger charge is -2.01. The summed E-state index contributed by atoms with van der Waals surface area (Å²) in [6.45, 7) is 2.47. The number of aryl methyl sites for hydroxylation is 2. The molecule has 0 saturated carbocycles. The van der Waals surface area contributed by atoms with Gasteiger partial charge in [0.05, 0.1) is 0 Å². The van der Waals surface area contributed by atoms with Crippen LogP contribution in [0.5, 0.6) is 0 Å². The molecule has 0 spiro atoms. The summed E-state index contributed by atoms with van der Waals surface area (Å²) in [5.74, 6) is 0. The Morgan fingerprint density at radius 3 is 2.88 bits per heavy atom. The zero-order valence-corrected chi connectivity index (χ0v) is 10.1. The molecule has 92 valence electrons. The number of aromatic nitrogens is 1. The Morgan fingerprint density at radius 1 is 1.59 bits per heavy atom. The van der Waals surface area contributed by atoms with Crippen molar-refractivity contribution < 1.29 is 17.5 Å². The molecule has 0 aliphatic heterocycles. The van der Waals surface area contributed by atoms with E-state index < -0.39 is 10.1 Å². The lowest BCUT2D eigenvalue weighted by Crippen LogP contribution is -2.34. The molecule has 0 aliphatic rings. The summed E-state index contributed by atoms with van der Waals surface area (Å²) in [7, 11) is -4.19. The van der Waals surface area contributed by atoms with Gasteiger partial charge in [0.1, 0.15) is 6.54 Å². The zero-order valence-electron chi connectivity index (χ0n) is 9.31. The van der Waals surface area contributed by atoms with Crippen LogP contribution in [0.3, 0.4) is 0 Å². The summed E-state index contributed by atoms with van der Waals surface area (Å²) < 4.78 is 32.7. The molecule has 0 aliphatic carbocycles. The van der Waals surface area contributed by atoms with Gasteiger partial charge in [-0.1, -0.05) is 5.11 Å². The smallest absolute Gasteiger partial charge is 0.282 e. The SMILES string of the molecule is Cc1cc[n+](CCCN=[N+]=[N-])cc1S(=O)(=O)O. The van der Waals surface area contributed by atoms with Gasteiger partial charge in [0.15, 0.2) is 17.3 Å². The van der Waals surface area contributed by atoms with E-state index >= 15 is 0 Å². The van der Waals surface area contributed by atoms with Gasteiger partial charge in [-0.15, -0.1) is 0 Å². The largest absolute Gasteiger partial charge is 0.300 e. The van der Waals surface area contributed by atoms with Gasteiger partial charge < -0.3 is 0 Å². The number of rotatable bonds is 5. The van der Waals surface area contributed by atoms with Gasteiger partial charge in [-0.25, -0.2) is 4.57 Å². The molecule has 0 amide bonds. The van der Waals surface area contributed by atoms with E-state index in [0.717, 1.165) is 0 Å². The number of hydrogen-bond donors (Lipinski definition) is 1. The van der Waals surface area contributed by atoms with Crippen molar-refractivity contribution >= 4 is 10.1 Å². The van der Waals surface area contributed by atoms with Crippen molar-refractivity contribution in [1.82, 2.24) is 0 Å². The third-order valence-corrected chi connectivity index (χ3v) is 3.19. The fourth-order valence-electron chi connectivity index (χ4n) is 1.36. The van der Waals surface area contributed by atoms with E-state index in [2.05, 4.69) is 10.0 Å². The lowest BCUT2D eigenvalue weighted by atomic mass is 10.3. The number of hydrogen-bond acceptors (Lipinski definition) is 3. The van der Waals surface area contributed by atoms with Gasteiger partial charge >= 0.3 is 10.1 Å². The third kappa shape index (κ3) is 4.03. The summed E-state index contributed by atoms with van der Waals surface area (Å²) in [4.78, 5) is 2.51. The molecule has 17 heavy (non-hydrogen) atoms. The van der Waals surface area contributed by atoms with Crippen LogP contribution in [0.1, 0.15) is 12.0 Å². The van der Waals surface area contributed by atoms with E-state index in [-0.39, 0.29) is 4.90 Å². The second kappa shape index (κ2) is 5.62.